The average molecular weight is 304 g/mol. The van der Waals surface area contributed by atoms with Crippen molar-refractivity contribution < 1.29 is 17.2 Å². The van der Waals surface area contributed by atoms with Crippen LogP contribution in [0.4, 0.5) is 8.78 Å². The van der Waals surface area contributed by atoms with Gasteiger partial charge in [-0.1, -0.05) is 6.42 Å². The lowest BCUT2D eigenvalue weighted by atomic mass is 9.97. The van der Waals surface area contributed by atoms with Gasteiger partial charge in [-0.25, -0.2) is 21.9 Å². The summed E-state index contributed by atoms with van der Waals surface area (Å²) < 4.78 is 52.9. The molecule has 1 aromatic rings. The molecule has 0 amide bonds. The number of hydrogen-bond donors (Lipinski definition) is 2. The van der Waals surface area contributed by atoms with E-state index in [1.807, 2.05) is 0 Å². The summed E-state index contributed by atoms with van der Waals surface area (Å²) in [5, 5.41) is 0. The lowest BCUT2D eigenvalue weighted by Gasteiger charge is -2.18. The number of halogens is 2. The van der Waals surface area contributed by atoms with Crippen molar-refractivity contribution >= 4 is 10.0 Å². The van der Waals surface area contributed by atoms with Crippen LogP contribution in [0.2, 0.25) is 0 Å². The Morgan fingerprint density at radius 2 is 1.95 bits per heavy atom. The van der Waals surface area contributed by atoms with Gasteiger partial charge in [0.05, 0.1) is 0 Å². The second-order valence-corrected chi connectivity index (χ2v) is 6.85. The van der Waals surface area contributed by atoms with E-state index >= 15 is 0 Å². The van der Waals surface area contributed by atoms with Gasteiger partial charge in [0.1, 0.15) is 16.5 Å². The third kappa shape index (κ3) is 3.34. The normalized spacial score (nSPS) is 23.1. The Hall–Kier alpha value is -1.05. The highest BCUT2D eigenvalue weighted by Crippen LogP contribution is 2.30. The van der Waals surface area contributed by atoms with Crippen LogP contribution < -0.4 is 10.5 Å². The molecule has 1 aliphatic carbocycles. The van der Waals surface area contributed by atoms with E-state index in [0.29, 0.717) is 12.6 Å². The highest BCUT2D eigenvalue weighted by Gasteiger charge is 2.28. The fourth-order valence-corrected chi connectivity index (χ4v) is 3.85. The molecule has 1 aromatic carbocycles. The van der Waals surface area contributed by atoms with Crippen molar-refractivity contribution in [2.75, 3.05) is 13.1 Å². The summed E-state index contributed by atoms with van der Waals surface area (Å²) in [7, 11) is -4.04. The predicted octanol–water partition coefficient (Wildman–Crippen LogP) is 1.62. The first-order valence-electron chi connectivity index (χ1n) is 6.59. The molecule has 3 N–H and O–H groups in total. The Labute approximate surface area is 117 Å². The van der Waals surface area contributed by atoms with E-state index in [4.69, 9.17) is 5.73 Å². The largest absolute Gasteiger partial charge is 0.330 e. The number of nitrogens with one attached hydrogen (secondary N) is 1. The van der Waals surface area contributed by atoms with Gasteiger partial charge < -0.3 is 5.73 Å². The van der Waals surface area contributed by atoms with Crippen LogP contribution in [0.15, 0.2) is 23.1 Å². The van der Waals surface area contributed by atoms with E-state index in [0.717, 1.165) is 31.4 Å². The van der Waals surface area contributed by atoms with Crippen LogP contribution in [0, 0.1) is 23.5 Å². The Kier molecular flexibility index (Phi) is 4.72. The number of benzene rings is 1. The maximum atomic E-state index is 13.5. The quantitative estimate of drug-likeness (QED) is 0.868. The van der Waals surface area contributed by atoms with Crippen molar-refractivity contribution in [1.29, 1.82) is 0 Å². The van der Waals surface area contributed by atoms with Gasteiger partial charge in [0.15, 0.2) is 0 Å². The summed E-state index contributed by atoms with van der Waals surface area (Å²) in [4.78, 5) is -0.653. The molecular formula is C13H18F2N2O2S. The molecule has 2 atom stereocenters. The Morgan fingerprint density at radius 3 is 2.65 bits per heavy atom. The van der Waals surface area contributed by atoms with Gasteiger partial charge in [0, 0.05) is 6.54 Å². The van der Waals surface area contributed by atoms with Crippen LogP contribution in [0.5, 0.6) is 0 Å². The van der Waals surface area contributed by atoms with Crippen molar-refractivity contribution in [3.8, 4) is 0 Å². The van der Waals surface area contributed by atoms with E-state index in [2.05, 4.69) is 4.72 Å². The minimum atomic E-state index is -4.04. The molecule has 0 heterocycles. The molecule has 112 valence electrons. The van der Waals surface area contributed by atoms with Crippen LogP contribution >= 0.6 is 0 Å². The van der Waals surface area contributed by atoms with Crippen LogP contribution in [0.1, 0.15) is 19.3 Å². The van der Waals surface area contributed by atoms with Crippen LogP contribution in [-0.4, -0.2) is 21.5 Å². The van der Waals surface area contributed by atoms with Gasteiger partial charge in [0.25, 0.3) is 0 Å². The zero-order chi connectivity index (χ0) is 14.8. The first kappa shape index (κ1) is 15.3. The molecule has 20 heavy (non-hydrogen) atoms. The van der Waals surface area contributed by atoms with Crippen LogP contribution in [0.3, 0.4) is 0 Å². The molecule has 1 aliphatic rings. The number of rotatable bonds is 5. The van der Waals surface area contributed by atoms with E-state index in [1.165, 1.54) is 0 Å². The van der Waals surface area contributed by atoms with Gasteiger partial charge in [-0.05, 0) is 49.4 Å². The molecule has 4 nitrogen and oxygen atoms in total. The SMILES string of the molecule is NCC1CCCC1CNS(=O)(=O)c1cc(F)ccc1F. The van der Waals surface area contributed by atoms with Crippen molar-refractivity contribution in [1.82, 2.24) is 4.72 Å². The molecular weight excluding hydrogens is 286 g/mol. The molecule has 0 aromatic heterocycles. The van der Waals surface area contributed by atoms with Crippen LogP contribution in [-0.2, 0) is 10.0 Å². The zero-order valence-corrected chi connectivity index (χ0v) is 11.8. The highest BCUT2D eigenvalue weighted by atomic mass is 32.2. The monoisotopic (exact) mass is 304 g/mol. The number of hydrogen-bond acceptors (Lipinski definition) is 3. The van der Waals surface area contributed by atoms with Gasteiger partial charge >= 0.3 is 0 Å². The first-order valence-corrected chi connectivity index (χ1v) is 8.07. The lowest BCUT2D eigenvalue weighted by molar-refractivity contribution is 0.392. The highest BCUT2D eigenvalue weighted by molar-refractivity contribution is 7.89. The maximum Gasteiger partial charge on any atom is 0.243 e. The fourth-order valence-electron chi connectivity index (χ4n) is 2.67. The summed E-state index contributed by atoms with van der Waals surface area (Å²) >= 11 is 0. The Bertz CT molecular complexity index is 578. The Morgan fingerprint density at radius 1 is 1.25 bits per heavy atom. The summed E-state index contributed by atoms with van der Waals surface area (Å²) in [6, 6.07) is 2.38. The third-order valence-corrected chi connectivity index (χ3v) is 5.28. The topological polar surface area (TPSA) is 72.2 Å². The maximum absolute atomic E-state index is 13.5. The molecule has 0 bridgehead atoms. The number of nitrogens with two attached hydrogens (primary N) is 1. The lowest BCUT2D eigenvalue weighted by Crippen LogP contribution is -2.33. The molecule has 1 saturated carbocycles. The van der Waals surface area contributed by atoms with Gasteiger partial charge in [0.2, 0.25) is 10.0 Å². The van der Waals surface area contributed by atoms with Crippen molar-refractivity contribution in [3.05, 3.63) is 29.8 Å². The first-order chi connectivity index (χ1) is 9.44. The van der Waals surface area contributed by atoms with Gasteiger partial charge in [-0.3, -0.25) is 0 Å². The zero-order valence-electron chi connectivity index (χ0n) is 11.0. The minimum absolute atomic E-state index is 0.159. The predicted molar refractivity (Wildman–Crippen MR) is 71.4 cm³/mol. The van der Waals surface area contributed by atoms with Gasteiger partial charge in [-0.2, -0.15) is 0 Å². The molecule has 2 unspecified atom stereocenters. The molecule has 0 radical (unpaired) electrons. The van der Waals surface area contributed by atoms with Crippen molar-refractivity contribution in [2.45, 2.75) is 24.2 Å². The summed E-state index contributed by atoms with van der Waals surface area (Å²) in [6.07, 6.45) is 2.90. The second kappa shape index (κ2) is 6.15. The second-order valence-electron chi connectivity index (χ2n) is 5.11. The van der Waals surface area contributed by atoms with E-state index in [-0.39, 0.29) is 18.4 Å². The van der Waals surface area contributed by atoms with E-state index in [1.54, 1.807) is 0 Å². The van der Waals surface area contributed by atoms with Crippen molar-refractivity contribution in [2.24, 2.45) is 17.6 Å². The average Bonchev–Trinajstić information content (AvgIpc) is 2.86. The summed E-state index contributed by atoms with van der Waals surface area (Å²) in [5.41, 5.74) is 5.63. The molecule has 0 saturated heterocycles. The standard InChI is InChI=1S/C13H18F2N2O2S/c14-11-4-5-12(15)13(6-11)20(18,19)17-8-10-3-1-2-9(10)7-16/h4-6,9-10,17H,1-3,7-8,16H2. The fraction of sp³-hybridized carbons (Fsp3) is 0.538. The molecule has 2 rings (SSSR count). The number of sulfonamides is 1. The van der Waals surface area contributed by atoms with E-state index in [9.17, 15) is 17.2 Å². The minimum Gasteiger partial charge on any atom is -0.330 e. The third-order valence-electron chi connectivity index (χ3n) is 3.84. The van der Waals surface area contributed by atoms with Crippen molar-refractivity contribution in [3.63, 3.8) is 0 Å². The van der Waals surface area contributed by atoms with Crippen LogP contribution in [0.25, 0.3) is 0 Å². The van der Waals surface area contributed by atoms with Gasteiger partial charge in [-0.15, -0.1) is 0 Å². The molecule has 0 aliphatic heterocycles. The summed E-state index contributed by atoms with van der Waals surface area (Å²) in [5.74, 6) is -1.30. The molecule has 7 heteroatoms. The molecule has 0 spiro atoms. The smallest absolute Gasteiger partial charge is 0.243 e. The summed E-state index contributed by atoms with van der Waals surface area (Å²) in [6.45, 7) is 0.723. The van der Waals surface area contributed by atoms with E-state index < -0.39 is 26.6 Å². The molecule has 1 fully saturated rings. The Balaban J connectivity index is 2.09.